The minimum Gasteiger partial charge on any atom is -0.367 e. The van der Waals surface area contributed by atoms with Gasteiger partial charge in [0.2, 0.25) is 0 Å². The van der Waals surface area contributed by atoms with Gasteiger partial charge in [0.05, 0.1) is 11.6 Å². The van der Waals surface area contributed by atoms with Crippen LogP contribution in [0.2, 0.25) is 5.15 Å². The molecule has 0 aromatic carbocycles. The van der Waals surface area contributed by atoms with Crippen LogP contribution in [0.25, 0.3) is 0 Å². The molecule has 3 nitrogen and oxygen atoms in total. The van der Waals surface area contributed by atoms with Gasteiger partial charge < -0.3 is 5.32 Å². The van der Waals surface area contributed by atoms with Gasteiger partial charge in [0.1, 0.15) is 11.0 Å². The van der Waals surface area contributed by atoms with Crippen molar-refractivity contribution in [3.05, 3.63) is 22.8 Å². The molecule has 4 heteroatoms. The summed E-state index contributed by atoms with van der Waals surface area (Å²) in [6.07, 6.45) is 2.24. The zero-order valence-electron chi connectivity index (χ0n) is 10.5. The highest BCUT2D eigenvalue weighted by molar-refractivity contribution is 6.29. The molecule has 1 aromatic rings. The predicted octanol–water partition coefficient (Wildman–Crippen LogP) is 3.84. The first-order chi connectivity index (χ1) is 8.10. The number of nitriles is 1. The van der Waals surface area contributed by atoms with Crippen LogP contribution in [0.3, 0.4) is 0 Å². The number of aromatic nitrogens is 1. The molecule has 1 N–H and O–H groups in total. The van der Waals surface area contributed by atoms with Gasteiger partial charge in [-0.25, -0.2) is 4.98 Å². The molecule has 0 aliphatic heterocycles. The lowest BCUT2D eigenvalue weighted by molar-refractivity contribution is 0.437. The van der Waals surface area contributed by atoms with Crippen molar-refractivity contribution in [2.45, 2.75) is 39.7 Å². The van der Waals surface area contributed by atoms with Crippen molar-refractivity contribution in [2.24, 2.45) is 5.92 Å². The summed E-state index contributed by atoms with van der Waals surface area (Å²) >= 11 is 5.86. The van der Waals surface area contributed by atoms with E-state index in [9.17, 15) is 0 Å². The van der Waals surface area contributed by atoms with E-state index in [0.29, 0.717) is 28.5 Å². The normalized spacial score (nSPS) is 12.2. The molecule has 1 unspecified atom stereocenters. The third-order valence-corrected chi connectivity index (χ3v) is 3.25. The molecule has 1 heterocycles. The van der Waals surface area contributed by atoms with Gasteiger partial charge in [-0.15, -0.1) is 0 Å². The summed E-state index contributed by atoms with van der Waals surface area (Å²) in [6, 6.07) is 5.69. The van der Waals surface area contributed by atoms with Crippen LogP contribution in [0.1, 0.15) is 39.2 Å². The zero-order chi connectivity index (χ0) is 12.8. The Hall–Kier alpha value is -1.27. The molecule has 92 valence electrons. The van der Waals surface area contributed by atoms with Crippen molar-refractivity contribution in [1.29, 1.82) is 5.26 Å². The molecule has 1 atom stereocenters. The van der Waals surface area contributed by atoms with E-state index in [1.54, 1.807) is 12.1 Å². The second kappa shape index (κ2) is 6.46. The Morgan fingerprint density at radius 1 is 1.41 bits per heavy atom. The minimum atomic E-state index is 0.322. The Balaban J connectivity index is 2.81. The van der Waals surface area contributed by atoms with E-state index in [-0.39, 0.29) is 0 Å². The van der Waals surface area contributed by atoms with E-state index in [1.807, 2.05) is 0 Å². The lowest BCUT2D eigenvalue weighted by atomic mass is 9.95. The van der Waals surface area contributed by atoms with Crippen LogP contribution >= 0.6 is 11.6 Å². The van der Waals surface area contributed by atoms with Crippen molar-refractivity contribution < 1.29 is 0 Å². The molecule has 17 heavy (non-hydrogen) atoms. The highest BCUT2D eigenvalue weighted by Crippen LogP contribution is 2.19. The Morgan fingerprint density at radius 2 is 2.06 bits per heavy atom. The van der Waals surface area contributed by atoms with Gasteiger partial charge in [-0.3, -0.25) is 0 Å². The molecule has 0 aliphatic rings. The Bertz CT molecular complexity index is 408. The largest absolute Gasteiger partial charge is 0.367 e. The van der Waals surface area contributed by atoms with Gasteiger partial charge >= 0.3 is 0 Å². The van der Waals surface area contributed by atoms with E-state index in [1.165, 1.54) is 0 Å². The quantitative estimate of drug-likeness (QED) is 0.809. The number of pyridine rings is 1. The van der Waals surface area contributed by atoms with Crippen molar-refractivity contribution in [1.82, 2.24) is 4.98 Å². The fraction of sp³-hybridized carbons (Fsp3) is 0.538. The summed E-state index contributed by atoms with van der Waals surface area (Å²) in [6.45, 7) is 6.49. The highest BCUT2D eigenvalue weighted by Gasteiger charge is 2.14. The first-order valence-corrected chi connectivity index (χ1v) is 6.32. The maximum Gasteiger partial charge on any atom is 0.132 e. The molecule has 0 fully saturated rings. The number of anilines is 1. The second-order valence-corrected chi connectivity index (χ2v) is 4.57. The third kappa shape index (κ3) is 3.90. The fourth-order valence-electron chi connectivity index (χ4n) is 1.98. The number of rotatable bonds is 5. The molecular formula is C13H18ClN3. The second-order valence-electron chi connectivity index (χ2n) is 4.19. The summed E-state index contributed by atoms with van der Waals surface area (Å²) in [5.74, 6) is 1.27. The fourth-order valence-corrected chi connectivity index (χ4v) is 2.19. The maximum absolute atomic E-state index is 8.86. The van der Waals surface area contributed by atoms with E-state index in [2.05, 4.69) is 37.1 Å². The molecule has 0 bridgehead atoms. The van der Waals surface area contributed by atoms with Crippen molar-refractivity contribution in [3.63, 3.8) is 0 Å². The number of nitrogens with one attached hydrogen (secondary N) is 1. The molecular weight excluding hydrogens is 234 g/mol. The molecule has 1 rings (SSSR count). The summed E-state index contributed by atoms with van der Waals surface area (Å²) in [5, 5.41) is 12.5. The van der Waals surface area contributed by atoms with Gasteiger partial charge in [-0.2, -0.15) is 5.26 Å². The van der Waals surface area contributed by atoms with Gasteiger partial charge in [-0.05, 0) is 25.0 Å². The standard InChI is InChI=1S/C13H18ClN3/c1-4-11(5-2)9(3)16-13-7-10(8-15)6-12(14)17-13/h6-7,9,11H,4-5H2,1-3H3,(H,16,17). The van der Waals surface area contributed by atoms with Crippen molar-refractivity contribution >= 4 is 17.4 Å². The molecule has 0 spiro atoms. The lowest BCUT2D eigenvalue weighted by Gasteiger charge is -2.23. The van der Waals surface area contributed by atoms with Gasteiger partial charge in [-0.1, -0.05) is 38.3 Å². The predicted molar refractivity (Wildman–Crippen MR) is 71.1 cm³/mol. The van der Waals surface area contributed by atoms with Crippen LogP contribution in [0.15, 0.2) is 12.1 Å². The Kier molecular flexibility index (Phi) is 5.24. The SMILES string of the molecule is CCC(CC)C(C)Nc1cc(C#N)cc(Cl)n1. The monoisotopic (exact) mass is 251 g/mol. The summed E-state index contributed by atoms with van der Waals surface area (Å²) in [4.78, 5) is 4.18. The molecule has 1 aromatic heterocycles. The summed E-state index contributed by atoms with van der Waals surface area (Å²) < 4.78 is 0. The van der Waals surface area contributed by atoms with Gasteiger partial charge in [0, 0.05) is 6.04 Å². The van der Waals surface area contributed by atoms with Crippen LogP contribution in [-0.4, -0.2) is 11.0 Å². The molecule has 0 radical (unpaired) electrons. The summed E-state index contributed by atoms with van der Waals surface area (Å²) in [7, 11) is 0. The van der Waals surface area contributed by atoms with Crippen LogP contribution in [0.4, 0.5) is 5.82 Å². The molecule has 0 aliphatic carbocycles. The average molecular weight is 252 g/mol. The van der Waals surface area contributed by atoms with E-state index < -0.39 is 0 Å². The highest BCUT2D eigenvalue weighted by atomic mass is 35.5. The topological polar surface area (TPSA) is 48.7 Å². The zero-order valence-corrected chi connectivity index (χ0v) is 11.3. The van der Waals surface area contributed by atoms with E-state index in [0.717, 1.165) is 12.8 Å². The number of nitrogens with zero attached hydrogens (tertiary/aromatic N) is 2. The van der Waals surface area contributed by atoms with Crippen LogP contribution in [0.5, 0.6) is 0 Å². The smallest absolute Gasteiger partial charge is 0.132 e. The van der Waals surface area contributed by atoms with E-state index >= 15 is 0 Å². The van der Waals surface area contributed by atoms with Crippen molar-refractivity contribution in [2.75, 3.05) is 5.32 Å². The van der Waals surface area contributed by atoms with Gasteiger partial charge in [0.15, 0.2) is 0 Å². The number of halogens is 1. The molecule has 0 saturated heterocycles. The van der Waals surface area contributed by atoms with Crippen LogP contribution in [0, 0.1) is 17.2 Å². The maximum atomic E-state index is 8.86. The summed E-state index contributed by atoms with van der Waals surface area (Å²) in [5.41, 5.74) is 0.532. The van der Waals surface area contributed by atoms with Crippen LogP contribution in [-0.2, 0) is 0 Å². The molecule has 0 amide bonds. The number of hydrogen-bond acceptors (Lipinski definition) is 3. The average Bonchev–Trinajstić information content (AvgIpc) is 2.29. The first-order valence-electron chi connectivity index (χ1n) is 5.94. The van der Waals surface area contributed by atoms with Crippen LogP contribution < -0.4 is 5.32 Å². The first kappa shape index (κ1) is 13.8. The van der Waals surface area contributed by atoms with Gasteiger partial charge in [0.25, 0.3) is 0 Å². The Labute approximate surface area is 108 Å². The lowest BCUT2D eigenvalue weighted by Crippen LogP contribution is -2.25. The third-order valence-electron chi connectivity index (χ3n) is 3.05. The van der Waals surface area contributed by atoms with Crippen molar-refractivity contribution in [3.8, 4) is 6.07 Å². The molecule has 0 saturated carbocycles. The minimum absolute atomic E-state index is 0.322. The Morgan fingerprint density at radius 3 is 2.59 bits per heavy atom. The number of hydrogen-bond donors (Lipinski definition) is 1. The van der Waals surface area contributed by atoms with E-state index in [4.69, 9.17) is 16.9 Å².